The van der Waals surface area contributed by atoms with Crippen molar-refractivity contribution < 1.29 is 4.79 Å². The number of fused-ring (bicyclic) bond motifs is 2. The van der Waals surface area contributed by atoms with Crippen molar-refractivity contribution in [2.24, 2.45) is 0 Å². The van der Waals surface area contributed by atoms with Crippen LogP contribution in [0.5, 0.6) is 0 Å². The van der Waals surface area contributed by atoms with Gasteiger partial charge in [0, 0.05) is 22.1 Å². The molecule has 0 atom stereocenters. The van der Waals surface area contributed by atoms with E-state index in [1.165, 1.54) is 11.3 Å². The van der Waals surface area contributed by atoms with Crippen LogP contribution in [0.25, 0.3) is 21.7 Å². The lowest BCUT2D eigenvalue weighted by molar-refractivity contribution is 0.569. The summed E-state index contributed by atoms with van der Waals surface area (Å²) in [7, 11) is 0. The highest BCUT2D eigenvalue weighted by Gasteiger charge is 2.16. The highest BCUT2D eigenvalue weighted by molar-refractivity contribution is 7.19. The predicted molar refractivity (Wildman–Crippen MR) is 70.8 cm³/mol. The summed E-state index contributed by atoms with van der Waals surface area (Å²) >= 11 is 1.49. The van der Waals surface area contributed by atoms with E-state index in [0.29, 0.717) is 22.9 Å². The van der Waals surface area contributed by atoms with Crippen molar-refractivity contribution in [1.82, 2.24) is 0 Å². The van der Waals surface area contributed by atoms with E-state index in [9.17, 15) is 9.59 Å². The zero-order chi connectivity index (χ0) is 11.8. The molecule has 0 amide bonds. The summed E-state index contributed by atoms with van der Waals surface area (Å²) in [6, 6.07) is 7.48. The molecule has 1 heterocycles. The summed E-state index contributed by atoms with van der Waals surface area (Å²) in [6.45, 7) is 0. The van der Waals surface area contributed by atoms with Gasteiger partial charge in [-0.15, -0.1) is 11.3 Å². The molecule has 0 fully saturated rings. The van der Waals surface area contributed by atoms with E-state index in [2.05, 4.69) is 0 Å². The van der Waals surface area contributed by atoms with E-state index >= 15 is 0 Å². The molecule has 1 aliphatic carbocycles. The summed E-state index contributed by atoms with van der Waals surface area (Å²) in [4.78, 5) is 23.9. The van der Waals surface area contributed by atoms with Gasteiger partial charge in [-0.05, 0) is 12.1 Å². The van der Waals surface area contributed by atoms with Crippen molar-refractivity contribution in [3.05, 3.63) is 51.0 Å². The molecule has 0 bridgehead atoms. The number of hydrogen-bond donors (Lipinski definition) is 0. The maximum absolute atomic E-state index is 12.2. The molecule has 0 aliphatic heterocycles. The second-order valence-electron chi connectivity index (χ2n) is 3.86. The summed E-state index contributed by atoms with van der Waals surface area (Å²) in [5.41, 5.74) is 1.20. The zero-order valence-corrected chi connectivity index (χ0v) is 9.71. The van der Waals surface area contributed by atoms with Gasteiger partial charge in [0.25, 0.3) is 0 Å². The van der Waals surface area contributed by atoms with Crippen LogP contribution in [0, 0.1) is 0 Å². The van der Waals surface area contributed by atoms with Gasteiger partial charge in [0.15, 0.2) is 5.43 Å². The topological polar surface area (TPSA) is 34.1 Å². The molecule has 2 aromatic rings. The average molecular weight is 240 g/mol. The van der Waals surface area contributed by atoms with Crippen LogP contribution in [-0.4, -0.2) is 5.94 Å². The maximum atomic E-state index is 12.2. The van der Waals surface area contributed by atoms with Gasteiger partial charge in [-0.2, -0.15) is 0 Å². The molecule has 0 spiro atoms. The Bertz CT molecular complexity index is 746. The van der Waals surface area contributed by atoms with Gasteiger partial charge >= 0.3 is 0 Å². The first-order valence-electron chi connectivity index (χ1n) is 5.28. The van der Waals surface area contributed by atoms with E-state index < -0.39 is 0 Å². The molecule has 1 aliphatic rings. The molecule has 0 unspecified atom stereocenters. The second-order valence-corrected chi connectivity index (χ2v) is 4.91. The van der Waals surface area contributed by atoms with Crippen molar-refractivity contribution in [3.63, 3.8) is 0 Å². The minimum Gasteiger partial charge on any atom is -0.289 e. The van der Waals surface area contributed by atoms with Crippen LogP contribution in [0.2, 0.25) is 0 Å². The van der Waals surface area contributed by atoms with E-state index in [-0.39, 0.29) is 5.43 Å². The summed E-state index contributed by atoms with van der Waals surface area (Å²) in [6.07, 6.45) is 4.21. The van der Waals surface area contributed by atoms with Crippen LogP contribution in [0.1, 0.15) is 16.9 Å². The third-order valence-corrected chi connectivity index (χ3v) is 4.08. The van der Waals surface area contributed by atoms with Crippen molar-refractivity contribution >= 4 is 39.0 Å². The van der Waals surface area contributed by atoms with Crippen LogP contribution in [0.3, 0.4) is 0 Å². The van der Waals surface area contributed by atoms with Gasteiger partial charge in [0.05, 0.1) is 10.5 Å². The van der Waals surface area contributed by atoms with Gasteiger partial charge in [0.1, 0.15) is 5.94 Å². The molecule has 3 heteroatoms. The molecule has 1 aromatic heterocycles. The molecular formula is C14H8O2S. The Morgan fingerprint density at radius 3 is 2.88 bits per heavy atom. The minimum absolute atomic E-state index is 0.00181. The van der Waals surface area contributed by atoms with Crippen LogP contribution in [-0.2, 0) is 4.79 Å². The molecule has 0 saturated heterocycles. The number of hydrogen-bond acceptors (Lipinski definition) is 3. The van der Waals surface area contributed by atoms with Crippen molar-refractivity contribution in [1.29, 1.82) is 0 Å². The molecule has 1 aromatic carbocycles. The third-order valence-electron chi connectivity index (χ3n) is 2.84. The molecule has 0 radical (unpaired) electrons. The molecule has 0 N–H and O–H groups in total. The lowest BCUT2D eigenvalue weighted by Crippen LogP contribution is -2.09. The fraction of sp³-hybridized carbons (Fsp3) is 0.0714. The van der Waals surface area contributed by atoms with Gasteiger partial charge in [0.2, 0.25) is 0 Å². The quantitative estimate of drug-likeness (QED) is 0.663. The normalized spacial score (nSPS) is 13.5. The van der Waals surface area contributed by atoms with Crippen LogP contribution in [0.4, 0.5) is 0 Å². The summed E-state index contributed by atoms with van der Waals surface area (Å²) < 4.78 is 0.916. The predicted octanol–water partition coefficient (Wildman–Crippen LogP) is 2.89. The van der Waals surface area contributed by atoms with Gasteiger partial charge < -0.3 is 0 Å². The Balaban J connectivity index is 2.52. The zero-order valence-electron chi connectivity index (χ0n) is 8.90. The molecule has 17 heavy (non-hydrogen) atoms. The van der Waals surface area contributed by atoms with Gasteiger partial charge in [-0.25, -0.2) is 4.79 Å². The van der Waals surface area contributed by atoms with Crippen LogP contribution in [0.15, 0.2) is 35.1 Å². The number of rotatable bonds is 0. The third kappa shape index (κ3) is 1.48. The highest BCUT2D eigenvalue weighted by atomic mass is 32.1. The smallest absolute Gasteiger partial charge is 0.195 e. The Labute approximate surface area is 102 Å². The second kappa shape index (κ2) is 3.81. The lowest BCUT2D eigenvalue weighted by atomic mass is 10.0. The van der Waals surface area contributed by atoms with E-state index in [1.807, 2.05) is 36.3 Å². The van der Waals surface area contributed by atoms with Crippen LogP contribution < -0.4 is 5.43 Å². The number of benzene rings is 1. The highest BCUT2D eigenvalue weighted by Crippen LogP contribution is 2.32. The summed E-state index contributed by atoms with van der Waals surface area (Å²) in [5, 5.41) is 0.716. The Morgan fingerprint density at radius 1 is 1.24 bits per heavy atom. The minimum atomic E-state index is -0.00181. The Morgan fingerprint density at radius 2 is 2.06 bits per heavy atom. The first-order valence-corrected chi connectivity index (χ1v) is 6.09. The monoisotopic (exact) mass is 240 g/mol. The van der Waals surface area contributed by atoms with Gasteiger partial charge in [-0.3, -0.25) is 4.79 Å². The molecule has 2 nitrogen and oxygen atoms in total. The Hall–Kier alpha value is -1.96. The number of carbonyl (C=O) groups excluding carboxylic acids is 1. The lowest BCUT2D eigenvalue weighted by Gasteiger charge is -2.10. The number of allylic oxidation sites excluding steroid dienone is 2. The summed E-state index contributed by atoms with van der Waals surface area (Å²) in [5.74, 6) is 1.94. The Kier molecular flexibility index (Phi) is 2.29. The molecular weight excluding hydrogens is 232 g/mol. The van der Waals surface area contributed by atoms with Crippen molar-refractivity contribution in [2.75, 3.05) is 0 Å². The average Bonchev–Trinajstić information content (AvgIpc) is 2.38. The van der Waals surface area contributed by atoms with E-state index in [0.717, 1.165) is 9.58 Å². The fourth-order valence-electron chi connectivity index (χ4n) is 2.01. The van der Waals surface area contributed by atoms with Gasteiger partial charge in [-0.1, -0.05) is 24.3 Å². The standard InChI is InChI=1S/C14H8O2S/c15-8-9-4-3-6-11-13(16)10-5-1-2-7-12(10)17-14(9)11/h1-3,5-7H,4H2. The van der Waals surface area contributed by atoms with E-state index in [4.69, 9.17) is 0 Å². The first kappa shape index (κ1) is 10.2. The largest absolute Gasteiger partial charge is 0.289 e. The fourth-order valence-corrected chi connectivity index (χ4v) is 3.16. The van der Waals surface area contributed by atoms with Crippen molar-refractivity contribution in [2.45, 2.75) is 6.42 Å². The SMILES string of the molecule is O=C=C1CC=Cc2c1sc1ccccc1c2=O. The van der Waals surface area contributed by atoms with Crippen LogP contribution >= 0.6 is 11.3 Å². The molecule has 82 valence electrons. The molecule has 3 rings (SSSR count). The maximum Gasteiger partial charge on any atom is 0.195 e. The van der Waals surface area contributed by atoms with Crippen molar-refractivity contribution in [3.8, 4) is 0 Å². The molecule has 0 saturated carbocycles. The first-order chi connectivity index (χ1) is 8.31. The van der Waals surface area contributed by atoms with E-state index in [1.54, 1.807) is 6.08 Å².